The molecule has 0 spiro atoms. The number of fused-ring (bicyclic) bond motifs is 2. The van der Waals surface area contributed by atoms with E-state index >= 15 is 0 Å². The number of nitrogen functional groups attached to an aromatic ring is 1. The third kappa shape index (κ3) is 5.55. The minimum atomic E-state index is -2.86. The third-order valence-corrected chi connectivity index (χ3v) is 8.08. The Kier molecular flexibility index (Phi) is 7.92. The van der Waals surface area contributed by atoms with E-state index in [0.29, 0.717) is 12.4 Å². The molecule has 2 aliphatic rings. The Morgan fingerprint density at radius 2 is 1.95 bits per heavy atom. The lowest BCUT2D eigenvalue weighted by atomic mass is 10.0. The molecule has 5 heterocycles. The maximum Gasteiger partial charge on any atom is 0.280 e. The van der Waals surface area contributed by atoms with Gasteiger partial charge < -0.3 is 16.0 Å². The van der Waals surface area contributed by atoms with E-state index in [1.807, 2.05) is 36.5 Å². The van der Waals surface area contributed by atoms with Crippen molar-refractivity contribution in [2.75, 3.05) is 25.9 Å². The van der Waals surface area contributed by atoms with Crippen LogP contribution in [0, 0.1) is 0 Å². The summed E-state index contributed by atoms with van der Waals surface area (Å²) < 4.78 is 30.5. The van der Waals surface area contributed by atoms with Crippen molar-refractivity contribution < 1.29 is 13.6 Å². The number of hydrogen-bond donors (Lipinski definition) is 2. The Bertz CT molecular complexity index is 1820. The molecule has 1 unspecified atom stereocenters. The number of imidazole rings is 1. The monoisotopic (exact) mass is 597 g/mol. The molecule has 44 heavy (non-hydrogen) atoms. The van der Waals surface area contributed by atoms with Crippen LogP contribution < -0.4 is 11.1 Å². The summed E-state index contributed by atoms with van der Waals surface area (Å²) in [5.41, 5.74) is 12.4. The van der Waals surface area contributed by atoms with Crippen LogP contribution in [0.1, 0.15) is 24.0 Å². The number of halogens is 2. The maximum atomic E-state index is 13.3. The van der Waals surface area contributed by atoms with Crippen molar-refractivity contribution >= 4 is 22.9 Å². The zero-order chi connectivity index (χ0) is 30.8. The minimum absolute atomic E-state index is 0.267. The average Bonchev–Trinajstić information content (AvgIpc) is 3.80. The topological polar surface area (TPSA) is 120 Å². The maximum absolute atomic E-state index is 13.3. The molecule has 4 aromatic heterocycles. The summed E-state index contributed by atoms with van der Waals surface area (Å²) in [4.78, 5) is 26.3. The Labute approximate surface area is 253 Å². The van der Waals surface area contributed by atoms with Crippen molar-refractivity contribution in [3.8, 4) is 22.9 Å². The van der Waals surface area contributed by atoms with Gasteiger partial charge in [0.1, 0.15) is 11.3 Å². The summed E-state index contributed by atoms with van der Waals surface area (Å²) in [7, 11) is 1.50. The summed E-state index contributed by atoms with van der Waals surface area (Å²) >= 11 is 0. The molecule has 1 aliphatic heterocycles. The number of aromatic nitrogens is 6. The number of carbonyl (C=O) groups excluding carboxylic acids is 1. The van der Waals surface area contributed by atoms with Gasteiger partial charge in [-0.1, -0.05) is 12.6 Å². The number of amides is 1. The molecular weight excluding hydrogens is 564 g/mol. The van der Waals surface area contributed by atoms with E-state index in [1.54, 1.807) is 17.1 Å². The van der Waals surface area contributed by atoms with E-state index in [0.717, 1.165) is 57.9 Å². The number of piperidine rings is 1. The quantitative estimate of drug-likeness (QED) is 0.289. The Morgan fingerprint density at radius 1 is 1.11 bits per heavy atom. The number of nitrogens with zero attached hydrogens (tertiary/aromatic N) is 7. The van der Waals surface area contributed by atoms with Gasteiger partial charge in [0, 0.05) is 30.8 Å². The number of nitrogens with two attached hydrogens (primary N) is 1. The first kappa shape index (κ1) is 29.1. The fraction of sp³-hybridized carbons (Fsp3) is 0.281. The van der Waals surface area contributed by atoms with Gasteiger partial charge in [0.2, 0.25) is 5.91 Å². The largest absolute Gasteiger partial charge is 0.383 e. The highest BCUT2D eigenvalue weighted by Gasteiger charge is 2.44. The predicted molar refractivity (Wildman–Crippen MR) is 165 cm³/mol. The van der Waals surface area contributed by atoms with Crippen molar-refractivity contribution in [1.29, 1.82) is 0 Å². The zero-order valence-corrected chi connectivity index (χ0v) is 24.3. The van der Waals surface area contributed by atoms with Gasteiger partial charge in [-0.25, -0.2) is 28.4 Å². The molecule has 1 aliphatic carbocycles. The Morgan fingerprint density at radius 3 is 2.68 bits per heavy atom. The van der Waals surface area contributed by atoms with Gasteiger partial charge in [0.05, 0.1) is 18.2 Å². The fourth-order valence-electron chi connectivity index (χ4n) is 5.82. The van der Waals surface area contributed by atoms with Crippen molar-refractivity contribution in [3.05, 3.63) is 90.9 Å². The van der Waals surface area contributed by atoms with E-state index in [4.69, 9.17) is 15.7 Å². The molecule has 10 nitrogen and oxygen atoms in total. The number of rotatable bonds is 5. The molecule has 1 aromatic carbocycles. The highest BCUT2D eigenvalue weighted by Crippen LogP contribution is 2.33. The van der Waals surface area contributed by atoms with E-state index < -0.39 is 24.4 Å². The van der Waals surface area contributed by atoms with Crippen LogP contribution in [0.4, 0.5) is 14.6 Å². The van der Waals surface area contributed by atoms with Crippen molar-refractivity contribution in [1.82, 2.24) is 39.5 Å². The molecule has 3 N–H and O–H groups in total. The summed E-state index contributed by atoms with van der Waals surface area (Å²) in [5, 5.41) is 6.87. The van der Waals surface area contributed by atoms with Gasteiger partial charge in [-0.3, -0.25) is 9.36 Å². The number of pyridine rings is 2. The number of nitrogens with one attached hydrogen (secondary N) is 1. The highest BCUT2D eigenvalue weighted by atomic mass is 19.3. The molecule has 1 atom stereocenters. The van der Waals surface area contributed by atoms with Crippen LogP contribution in [0.2, 0.25) is 0 Å². The lowest BCUT2D eigenvalue weighted by Gasteiger charge is -2.37. The summed E-state index contributed by atoms with van der Waals surface area (Å²) in [6.07, 6.45) is 10.1. The van der Waals surface area contributed by atoms with Crippen molar-refractivity contribution in [2.24, 2.45) is 0 Å². The second-order valence-electron chi connectivity index (χ2n) is 10.8. The van der Waals surface area contributed by atoms with E-state index in [-0.39, 0.29) is 6.42 Å². The molecule has 12 heteroatoms. The number of aryl methyl sites for hydroxylation is 2. The first-order valence-corrected chi connectivity index (χ1v) is 14.5. The lowest BCUT2D eigenvalue weighted by molar-refractivity contribution is -0.140. The van der Waals surface area contributed by atoms with Gasteiger partial charge in [-0.15, -0.1) is 0 Å². The number of anilines is 1. The fourth-order valence-corrected chi connectivity index (χ4v) is 5.82. The Balaban J connectivity index is 0.000000208. The van der Waals surface area contributed by atoms with Gasteiger partial charge in [0.25, 0.3) is 5.92 Å². The first-order chi connectivity index (χ1) is 21.3. The molecule has 0 saturated carbocycles. The van der Waals surface area contributed by atoms with Crippen LogP contribution in [-0.2, 0) is 17.6 Å². The first-order valence-electron chi connectivity index (χ1n) is 14.5. The number of carbonyl (C=O) groups is 1. The van der Waals surface area contributed by atoms with Crippen LogP contribution in [0.3, 0.4) is 0 Å². The average molecular weight is 598 g/mol. The molecule has 5 aromatic rings. The summed E-state index contributed by atoms with van der Waals surface area (Å²) in [5.74, 6) is -1.37. The number of alkyl halides is 2. The number of benzene rings is 1. The molecule has 0 bridgehead atoms. The van der Waals surface area contributed by atoms with Crippen LogP contribution in [0.5, 0.6) is 0 Å². The van der Waals surface area contributed by atoms with Crippen LogP contribution in [0.15, 0.2) is 79.8 Å². The standard InChI is InChI=1S/C23H19N7.C9H14F2N2O/c24-21-18(6-2-11-25-21)22-27-19-9-10-20(29-13-3-12-26-29)28-23(19)30(22)17-8-7-15-4-1-5-16(15)14-17;1-3-8(14)13-5-4-7(12-2)9(10,11)6-13/h2-3,6-14H,1,4-5H2,(H2,24,25);3,7,12H,1,4-6H2,2H3. The minimum Gasteiger partial charge on any atom is -0.383 e. The van der Waals surface area contributed by atoms with E-state index in [1.165, 1.54) is 24.6 Å². The predicted octanol–water partition coefficient (Wildman–Crippen LogP) is 4.37. The second kappa shape index (κ2) is 12.0. The summed E-state index contributed by atoms with van der Waals surface area (Å²) in [6.45, 7) is 3.10. The van der Waals surface area contributed by atoms with Gasteiger partial charge in [0.15, 0.2) is 17.3 Å². The molecule has 1 saturated heterocycles. The lowest BCUT2D eigenvalue weighted by Crippen LogP contribution is -2.57. The zero-order valence-electron chi connectivity index (χ0n) is 24.3. The smallest absolute Gasteiger partial charge is 0.280 e. The van der Waals surface area contributed by atoms with Crippen LogP contribution >= 0.6 is 0 Å². The summed E-state index contributed by atoms with van der Waals surface area (Å²) in [6, 6.07) is 15.4. The van der Waals surface area contributed by atoms with Crippen LogP contribution in [-0.4, -0.2) is 72.2 Å². The highest BCUT2D eigenvalue weighted by molar-refractivity contribution is 5.87. The molecule has 7 rings (SSSR count). The molecule has 1 fully saturated rings. The normalized spacial score (nSPS) is 17.2. The second-order valence-corrected chi connectivity index (χ2v) is 10.8. The molecular formula is C32H33F2N9O. The third-order valence-electron chi connectivity index (χ3n) is 8.08. The molecule has 1 amide bonds. The van der Waals surface area contributed by atoms with Gasteiger partial charge >= 0.3 is 0 Å². The Hall–Kier alpha value is -4.97. The van der Waals surface area contributed by atoms with E-state index in [9.17, 15) is 13.6 Å². The van der Waals surface area contributed by atoms with Crippen molar-refractivity contribution in [2.45, 2.75) is 37.6 Å². The molecule has 226 valence electrons. The SMILES string of the molecule is C=CC(=O)N1CCC(NC)C(F)(F)C1.Nc1ncccc1-c1nc2ccc(-n3cccn3)nc2n1-c1ccc2c(c1)CCC2. The van der Waals surface area contributed by atoms with E-state index in [2.05, 4.69) is 44.7 Å². The van der Waals surface area contributed by atoms with Gasteiger partial charge in [-0.2, -0.15) is 5.10 Å². The number of likely N-dealkylation sites (tertiary alicyclic amines) is 1. The van der Waals surface area contributed by atoms with Crippen molar-refractivity contribution in [3.63, 3.8) is 0 Å². The van der Waals surface area contributed by atoms with Crippen LogP contribution in [0.25, 0.3) is 34.1 Å². The molecule has 0 radical (unpaired) electrons. The number of hydrogen-bond acceptors (Lipinski definition) is 7. The van der Waals surface area contributed by atoms with Gasteiger partial charge in [-0.05, 0) is 92.4 Å².